The summed E-state index contributed by atoms with van der Waals surface area (Å²) in [5.74, 6) is -2.43. The van der Waals surface area contributed by atoms with Crippen LogP contribution in [0.2, 0.25) is 0 Å². The Morgan fingerprint density at radius 2 is 1.68 bits per heavy atom. The lowest BCUT2D eigenvalue weighted by atomic mass is 9.95. The van der Waals surface area contributed by atoms with Gasteiger partial charge in [0, 0.05) is 17.7 Å². The van der Waals surface area contributed by atoms with Gasteiger partial charge < -0.3 is 9.47 Å². The van der Waals surface area contributed by atoms with Crippen LogP contribution in [0.25, 0.3) is 11.1 Å². The van der Waals surface area contributed by atoms with E-state index < -0.39 is 17.5 Å². The van der Waals surface area contributed by atoms with Gasteiger partial charge in [0.2, 0.25) is 0 Å². The fraction of sp³-hybridized carbons (Fsp3) is 0.538. The van der Waals surface area contributed by atoms with Crippen molar-refractivity contribution in [1.29, 1.82) is 0 Å². The molecule has 5 heteroatoms. The fourth-order valence-corrected chi connectivity index (χ4v) is 4.02. The molecule has 1 fully saturated rings. The van der Waals surface area contributed by atoms with Gasteiger partial charge in [-0.3, -0.25) is 0 Å². The summed E-state index contributed by atoms with van der Waals surface area (Å²) in [5, 5.41) is 0. The Labute approximate surface area is 183 Å². The maximum atomic E-state index is 14.9. The number of hydrogen-bond donors (Lipinski definition) is 0. The smallest absolute Gasteiger partial charge is 0.167 e. The molecule has 0 bridgehead atoms. The zero-order valence-corrected chi connectivity index (χ0v) is 18.6. The minimum absolute atomic E-state index is 0.0465. The third kappa shape index (κ3) is 6.11. The minimum Gasteiger partial charge on any atom is -0.376 e. The molecule has 0 spiro atoms. The van der Waals surface area contributed by atoms with Crippen molar-refractivity contribution in [2.75, 3.05) is 13.2 Å². The Morgan fingerprint density at radius 1 is 0.903 bits per heavy atom. The lowest BCUT2D eigenvalue weighted by Gasteiger charge is -2.29. The average Bonchev–Trinajstić information content (AvgIpc) is 2.78. The lowest BCUT2D eigenvalue weighted by molar-refractivity contribution is -0.0872. The molecule has 0 amide bonds. The summed E-state index contributed by atoms with van der Waals surface area (Å²) < 4.78 is 55.7. The zero-order chi connectivity index (χ0) is 22.2. The van der Waals surface area contributed by atoms with Crippen LogP contribution in [0.4, 0.5) is 13.2 Å². The van der Waals surface area contributed by atoms with Gasteiger partial charge in [-0.2, -0.15) is 0 Å². The number of rotatable bonds is 10. The second-order valence-corrected chi connectivity index (χ2v) is 8.34. The number of ether oxygens (including phenoxy) is 2. The Morgan fingerprint density at radius 3 is 2.35 bits per heavy atom. The predicted octanol–water partition coefficient (Wildman–Crippen LogP) is 7.54. The summed E-state index contributed by atoms with van der Waals surface area (Å²) in [4.78, 5) is 0. The molecule has 3 rings (SSSR count). The molecule has 0 aromatic heterocycles. The maximum absolute atomic E-state index is 14.9. The second kappa shape index (κ2) is 11.7. The molecule has 0 saturated carbocycles. The van der Waals surface area contributed by atoms with Gasteiger partial charge in [-0.1, -0.05) is 57.4 Å². The largest absolute Gasteiger partial charge is 0.376 e. The summed E-state index contributed by atoms with van der Waals surface area (Å²) >= 11 is 0. The van der Waals surface area contributed by atoms with Crippen molar-refractivity contribution in [1.82, 2.24) is 0 Å². The van der Waals surface area contributed by atoms with Gasteiger partial charge in [0.25, 0.3) is 0 Å². The first-order valence-corrected chi connectivity index (χ1v) is 11.5. The quantitative estimate of drug-likeness (QED) is 0.360. The number of hydrogen-bond acceptors (Lipinski definition) is 2. The Hall–Kier alpha value is -1.85. The van der Waals surface area contributed by atoms with E-state index in [1.165, 1.54) is 18.2 Å². The van der Waals surface area contributed by atoms with Crippen molar-refractivity contribution in [2.24, 2.45) is 0 Å². The van der Waals surface area contributed by atoms with Crippen molar-refractivity contribution in [3.8, 4) is 11.1 Å². The molecule has 0 radical (unpaired) electrons. The molecule has 1 aliphatic heterocycles. The molecule has 0 N–H and O–H groups in total. The monoisotopic (exact) mass is 434 g/mol. The maximum Gasteiger partial charge on any atom is 0.167 e. The van der Waals surface area contributed by atoms with Crippen LogP contribution in [-0.4, -0.2) is 19.3 Å². The average molecular weight is 435 g/mol. The molecule has 1 saturated heterocycles. The van der Waals surface area contributed by atoms with Crippen molar-refractivity contribution in [3.05, 3.63) is 58.9 Å². The van der Waals surface area contributed by atoms with E-state index in [1.54, 1.807) is 12.1 Å². The van der Waals surface area contributed by atoms with Crippen LogP contribution < -0.4 is 0 Å². The molecule has 2 nitrogen and oxygen atoms in total. The molecule has 0 aliphatic carbocycles. The SMILES string of the molecule is CCCCCc1ccc(-c2ccc(C3CCC(OCCCC)CO3)cc2F)c(F)c1F. The molecule has 2 aromatic carbocycles. The van der Waals surface area contributed by atoms with Gasteiger partial charge in [0.1, 0.15) is 5.82 Å². The highest BCUT2D eigenvalue weighted by molar-refractivity contribution is 5.66. The number of aryl methyl sites for hydroxylation is 1. The highest BCUT2D eigenvalue weighted by Gasteiger charge is 2.25. The van der Waals surface area contributed by atoms with Crippen LogP contribution in [0.15, 0.2) is 30.3 Å². The van der Waals surface area contributed by atoms with E-state index in [9.17, 15) is 13.2 Å². The molecule has 1 aliphatic rings. The summed E-state index contributed by atoms with van der Waals surface area (Å²) in [5.41, 5.74) is 1.08. The first kappa shape index (κ1) is 23.8. The first-order valence-electron chi connectivity index (χ1n) is 11.5. The lowest BCUT2D eigenvalue weighted by Crippen LogP contribution is -2.28. The van der Waals surface area contributed by atoms with Crippen LogP contribution in [0.5, 0.6) is 0 Å². The molecule has 2 atom stereocenters. The number of benzene rings is 2. The molecule has 2 aromatic rings. The summed E-state index contributed by atoms with van der Waals surface area (Å²) in [6.07, 6.45) is 6.86. The van der Waals surface area contributed by atoms with E-state index in [0.717, 1.165) is 51.6 Å². The highest BCUT2D eigenvalue weighted by Crippen LogP contribution is 2.34. The first-order chi connectivity index (χ1) is 15.0. The third-order valence-electron chi connectivity index (χ3n) is 5.95. The van der Waals surface area contributed by atoms with Gasteiger partial charge >= 0.3 is 0 Å². The van der Waals surface area contributed by atoms with Gasteiger partial charge in [-0.15, -0.1) is 0 Å². The van der Waals surface area contributed by atoms with E-state index in [0.29, 0.717) is 24.2 Å². The van der Waals surface area contributed by atoms with Crippen LogP contribution in [-0.2, 0) is 15.9 Å². The Balaban J connectivity index is 1.68. The summed E-state index contributed by atoms with van der Waals surface area (Å²) in [7, 11) is 0. The molecular formula is C26H33F3O2. The summed E-state index contributed by atoms with van der Waals surface area (Å²) in [6.45, 7) is 5.40. The van der Waals surface area contributed by atoms with Crippen LogP contribution >= 0.6 is 0 Å². The van der Waals surface area contributed by atoms with Crippen LogP contribution in [0.3, 0.4) is 0 Å². The molecule has 1 heterocycles. The van der Waals surface area contributed by atoms with E-state index >= 15 is 0 Å². The molecular weight excluding hydrogens is 401 g/mol. The Bertz CT molecular complexity index is 845. The van der Waals surface area contributed by atoms with E-state index in [1.807, 2.05) is 0 Å². The van der Waals surface area contributed by atoms with Crippen molar-refractivity contribution >= 4 is 0 Å². The normalized spacial score (nSPS) is 19.0. The highest BCUT2D eigenvalue weighted by atomic mass is 19.2. The molecule has 170 valence electrons. The minimum atomic E-state index is -0.985. The van der Waals surface area contributed by atoms with Gasteiger partial charge in [-0.05, 0) is 49.3 Å². The zero-order valence-electron chi connectivity index (χ0n) is 18.6. The van der Waals surface area contributed by atoms with Crippen molar-refractivity contribution < 1.29 is 22.6 Å². The van der Waals surface area contributed by atoms with Crippen molar-refractivity contribution in [2.45, 2.75) is 77.4 Å². The van der Waals surface area contributed by atoms with Gasteiger partial charge in [-0.25, -0.2) is 13.2 Å². The van der Waals surface area contributed by atoms with E-state index in [4.69, 9.17) is 9.47 Å². The van der Waals surface area contributed by atoms with Gasteiger partial charge in [0.05, 0.1) is 18.8 Å². The second-order valence-electron chi connectivity index (χ2n) is 8.34. The number of halogens is 3. The fourth-order valence-electron chi connectivity index (χ4n) is 4.02. The summed E-state index contributed by atoms with van der Waals surface area (Å²) in [6, 6.07) is 7.69. The topological polar surface area (TPSA) is 18.5 Å². The van der Waals surface area contributed by atoms with E-state index in [2.05, 4.69) is 13.8 Å². The third-order valence-corrected chi connectivity index (χ3v) is 5.95. The number of unbranched alkanes of at least 4 members (excludes halogenated alkanes) is 3. The van der Waals surface area contributed by atoms with Gasteiger partial charge in [0.15, 0.2) is 11.6 Å². The van der Waals surface area contributed by atoms with E-state index in [-0.39, 0.29) is 23.3 Å². The molecule has 2 unspecified atom stereocenters. The van der Waals surface area contributed by atoms with Crippen LogP contribution in [0.1, 0.15) is 76.0 Å². The molecule has 31 heavy (non-hydrogen) atoms. The Kier molecular flexibility index (Phi) is 8.97. The predicted molar refractivity (Wildman–Crippen MR) is 118 cm³/mol. The van der Waals surface area contributed by atoms with Crippen LogP contribution in [0, 0.1) is 17.5 Å². The van der Waals surface area contributed by atoms with Crippen molar-refractivity contribution in [3.63, 3.8) is 0 Å². The standard InChI is InChI=1S/C26H33F3O2/c1-3-5-7-8-18-9-13-22(26(29)25(18)28)21-12-10-19(16-23(21)27)24-14-11-20(17-31-24)30-15-6-4-2/h9-10,12-13,16,20,24H,3-8,11,14-15,17H2,1-2H3.